The number of hydrogen-bond acceptors (Lipinski definition) is 3. The number of rotatable bonds is 2. The van der Waals surface area contributed by atoms with Crippen LogP contribution in [-0.2, 0) is 9.59 Å². The molecule has 0 spiro atoms. The van der Waals surface area contributed by atoms with Gasteiger partial charge in [-0.1, -0.05) is 6.08 Å². The van der Waals surface area contributed by atoms with Gasteiger partial charge in [0.2, 0.25) is 5.91 Å². The summed E-state index contributed by atoms with van der Waals surface area (Å²) in [6, 6.07) is 0.478. The molecule has 2 N–H and O–H groups in total. The molecule has 108 valence electrons. The van der Waals surface area contributed by atoms with Crippen LogP contribution in [-0.4, -0.2) is 54.7 Å². The number of alkyl halides is 3. The molecule has 0 aromatic carbocycles. The molecular weight excluding hydrogens is 265 g/mol. The number of carbonyl (C=O) groups is 2. The van der Waals surface area contributed by atoms with Crippen LogP contribution in [0.4, 0.5) is 13.2 Å². The van der Waals surface area contributed by atoms with Gasteiger partial charge in [0.05, 0.1) is 0 Å². The highest BCUT2D eigenvalue weighted by molar-refractivity contribution is 5.98. The second-order valence-electron chi connectivity index (χ2n) is 4.65. The molecule has 19 heavy (non-hydrogen) atoms. The predicted octanol–water partition coefficient (Wildman–Crippen LogP) is 0.626. The van der Waals surface area contributed by atoms with E-state index < -0.39 is 12.1 Å². The van der Waals surface area contributed by atoms with Gasteiger partial charge in [0, 0.05) is 24.1 Å². The molecule has 1 saturated heterocycles. The van der Waals surface area contributed by atoms with Gasteiger partial charge >= 0.3 is 12.1 Å². The SMILES string of the molecule is CN(C)C/C=C1/C(=O)NC2CC12.O=C(O)C(F)(F)F. The van der Waals surface area contributed by atoms with Crippen LogP contribution in [0.2, 0.25) is 0 Å². The minimum atomic E-state index is -5.08. The van der Waals surface area contributed by atoms with Crippen LogP contribution in [0.1, 0.15) is 6.42 Å². The molecule has 1 heterocycles. The Hall–Kier alpha value is -1.57. The molecule has 2 rings (SSSR count). The van der Waals surface area contributed by atoms with Crippen LogP contribution in [0.25, 0.3) is 0 Å². The number of hydrogen-bond donors (Lipinski definition) is 2. The van der Waals surface area contributed by atoms with E-state index in [1.165, 1.54) is 0 Å². The van der Waals surface area contributed by atoms with E-state index in [2.05, 4.69) is 10.2 Å². The van der Waals surface area contributed by atoms with Crippen molar-refractivity contribution in [1.82, 2.24) is 10.2 Å². The standard InChI is InChI=1S/C9H14N2O.C2HF3O2/c1-11(2)4-3-6-7-5-8(7)10-9(6)12;3-2(4,5)1(6)7/h3,7-8H,4-5H2,1-2H3,(H,10,12);(H,6,7)/b6-3+;. The average Bonchev–Trinajstić information content (AvgIpc) is 2.90. The summed E-state index contributed by atoms with van der Waals surface area (Å²) in [5.41, 5.74) is 1.01. The zero-order valence-corrected chi connectivity index (χ0v) is 10.5. The fourth-order valence-electron chi connectivity index (χ4n) is 1.64. The van der Waals surface area contributed by atoms with E-state index in [1.54, 1.807) is 0 Å². The predicted molar refractivity (Wildman–Crippen MR) is 60.4 cm³/mol. The number of likely N-dealkylation sites (N-methyl/N-ethyl adjacent to an activating group) is 1. The molecule has 1 saturated carbocycles. The Bertz CT molecular complexity index is 404. The van der Waals surface area contributed by atoms with Gasteiger partial charge < -0.3 is 15.3 Å². The van der Waals surface area contributed by atoms with Crippen molar-refractivity contribution >= 4 is 11.9 Å². The lowest BCUT2D eigenvalue weighted by molar-refractivity contribution is -0.192. The van der Waals surface area contributed by atoms with Crippen LogP contribution < -0.4 is 5.32 Å². The Morgan fingerprint density at radius 1 is 1.53 bits per heavy atom. The van der Waals surface area contributed by atoms with Crippen molar-refractivity contribution in [3.05, 3.63) is 11.6 Å². The Morgan fingerprint density at radius 3 is 2.37 bits per heavy atom. The van der Waals surface area contributed by atoms with Crippen LogP contribution in [0.15, 0.2) is 11.6 Å². The van der Waals surface area contributed by atoms with E-state index in [1.807, 2.05) is 20.2 Å². The van der Waals surface area contributed by atoms with Gasteiger partial charge in [-0.3, -0.25) is 4.79 Å². The van der Waals surface area contributed by atoms with Crippen molar-refractivity contribution in [2.45, 2.75) is 18.6 Å². The maximum absolute atomic E-state index is 11.2. The number of nitrogens with zero attached hydrogens (tertiary/aromatic N) is 1. The number of carboxylic acid groups (broad SMARTS) is 1. The van der Waals surface area contributed by atoms with E-state index in [4.69, 9.17) is 9.90 Å². The van der Waals surface area contributed by atoms with Gasteiger partial charge in [-0.15, -0.1) is 0 Å². The maximum atomic E-state index is 11.2. The summed E-state index contributed by atoms with van der Waals surface area (Å²) in [5, 5.41) is 10.1. The fourth-order valence-corrected chi connectivity index (χ4v) is 1.64. The third-order valence-corrected chi connectivity index (χ3v) is 2.69. The summed E-state index contributed by atoms with van der Waals surface area (Å²) in [6.07, 6.45) is -1.88. The van der Waals surface area contributed by atoms with Gasteiger partial charge in [-0.2, -0.15) is 13.2 Å². The average molecular weight is 280 g/mol. The van der Waals surface area contributed by atoms with Gasteiger partial charge in [0.25, 0.3) is 0 Å². The van der Waals surface area contributed by atoms with Gasteiger partial charge in [0.1, 0.15) is 0 Å². The van der Waals surface area contributed by atoms with E-state index in [0.717, 1.165) is 18.5 Å². The Kier molecular flexibility index (Phi) is 4.56. The maximum Gasteiger partial charge on any atom is 0.490 e. The highest BCUT2D eigenvalue weighted by atomic mass is 19.4. The topological polar surface area (TPSA) is 69.6 Å². The van der Waals surface area contributed by atoms with Crippen LogP contribution in [0, 0.1) is 5.92 Å². The summed E-state index contributed by atoms with van der Waals surface area (Å²) < 4.78 is 31.7. The number of nitrogens with one attached hydrogen (secondary N) is 1. The Morgan fingerprint density at radius 2 is 2.05 bits per heavy atom. The quantitative estimate of drug-likeness (QED) is 0.728. The lowest BCUT2D eigenvalue weighted by Gasteiger charge is -2.05. The van der Waals surface area contributed by atoms with Crippen molar-refractivity contribution in [3.8, 4) is 0 Å². The first-order valence-corrected chi connectivity index (χ1v) is 5.58. The summed E-state index contributed by atoms with van der Waals surface area (Å²) in [5.74, 6) is -2.07. The molecule has 1 aliphatic carbocycles. The second kappa shape index (κ2) is 5.60. The monoisotopic (exact) mass is 280 g/mol. The number of aliphatic carboxylic acids is 1. The van der Waals surface area contributed by atoms with Crippen molar-refractivity contribution in [3.63, 3.8) is 0 Å². The molecule has 1 aliphatic heterocycles. The Balaban J connectivity index is 0.000000224. The van der Waals surface area contributed by atoms with Crippen molar-refractivity contribution in [2.24, 2.45) is 5.92 Å². The summed E-state index contributed by atoms with van der Waals surface area (Å²) in [4.78, 5) is 22.2. The molecule has 0 bridgehead atoms. The Labute approximate surface area is 108 Å². The molecule has 2 atom stereocenters. The molecule has 1 amide bonds. The van der Waals surface area contributed by atoms with Crippen LogP contribution in [0.3, 0.4) is 0 Å². The summed E-state index contributed by atoms with van der Waals surface area (Å²) >= 11 is 0. The van der Waals surface area contributed by atoms with Gasteiger partial charge in [0.15, 0.2) is 0 Å². The zero-order chi connectivity index (χ0) is 14.8. The molecule has 8 heteroatoms. The van der Waals surface area contributed by atoms with E-state index in [9.17, 15) is 18.0 Å². The van der Waals surface area contributed by atoms with Crippen molar-refractivity contribution in [1.29, 1.82) is 0 Å². The molecule has 0 aromatic rings. The normalized spacial score (nSPS) is 26.6. The zero-order valence-electron chi connectivity index (χ0n) is 10.5. The number of piperidine rings is 1. The van der Waals surface area contributed by atoms with Crippen molar-refractivity contribution in [2.75, 3.05) is 20.6 Å². The largest absolute Gasteiger partial charge is 0.490 e. The second-order valence-corrected chi connectivity index (χ2v) is 4.65. The molecule has 0 radical (unpaired) electrons. The lowest BCUT2D eigenvalue weighted by atomic mass is 10.1. The van der Waals surface area contributed by atoms with Gasteiger partial charge in [-0.25, -0.2) is 4.79 Å². The highest BCUT2D eigenvalue weighted by Crippen LogP contribution is 2.42. The molecule has 2 aliphatic rings. The minimum Gasteiger partial charge on any atom is -0.475 e. The van der Waals surface area contributed by atoms with E-state index >= 15 is 0 Å². The fraction of sp³-hybridized carbons (Fsp3) is 0.636. The highest BCUT2D eigenvalue weighted by Gasteiger charge is 2.49. The smallest absolute Gasteiger partial charge is 0.475 e. The van der Waals surface area contributed by atoms with Crippen molar-refractivity contribution < 1.29 is 27.9 Å². The molecule has 2 unspecified atom stereocenters. The molecule has 2 fully saturated rings. The third-order valence-electron chi connectivity index (χ3n) is 2.69. The number of amides is 1. The summed E-state index contributed by atoms with van der Waals surface area (Å²) in [6.45, 7) is 0.867. The minimum absolute atomic E-state index is 0.151. The number of carbonyl (C=O) groups excluding carboxylic acids is 1. The van der Waals surface area contributed by atoms with Crippen LogP contribution in [0.5, 0.6) is 0 Å². The summed E-state index contributed by atoms with van der Waals surface area (Å²) in [7, 11) is 4.02. The molecule has 5 nitrogen and oxygen atoms in total. The first-order valence-electron chi connectivity index (χ1n) is 5.58. The lowest BCUT2D eigenvalue weighted by Crippen LogP contribution is -2.21. The van der Waals surface area contributed by atoms with Gasteiger partial charge in [-0.05, 0) is 20.5 Å². The molecular formula is C11H15F3N2O3. The number of fused-ring (bicyclic) bond motifs is 1. The van der Waals surface area contributed by atoms with E-state index in [0.29, 0.717) is 12.0 Å². The van der Waals surface area contributed by atoms with E-state index in [-0.39, 0.29) is 5.91 Å². The van der Waals surface area contributed by atoms with Crippen LogP contribution >= 0.6 is 0 Å². The first-order chi connectivity index (χ1) is 8.62. The number of halogens is 3. The first kappa shape index (κ1) is 15.5. The number of carboxylic acids is 1. The third kappa shape index (κ3) is 4.55. The molecule has 0 aromatic heterocycles.